The lowest BCUT2D eigenvalue weighted by Crippen LogP contribution is -2.51. The Balaban J connectivity index is 1.75. The lowest BCUT2D eigenvalue weighted by Gasteiger charge is -2.36. The molecule has 7 heteroatoms. The average Bonchev–Trinajstić information content (AvgIpc) is 2.70. The maximum atomic E-state index is 12.2. The van der Waals surface area contributed by atoms with Gasteiger partial charge in [0.05, 0.1) is 13.7 Å². The van der Waals surface area contributed by atoms with Crippen LogP contribution in [0.25, 0.3) is 0 Å². The number of ketones is 1. The molecule has 0 aromatic heterocycles. The number of hydrogen-bond acceptors (Lipinski definition) is 5. The Labute approximate surface area is 154 Å². The van der Waals surface area contributed by atoms with Crippen LogP contribution in [0.15, 0.2) is 24.3 Å². The van der Waals surface area contributed by atoms with E-state index in [2.05, 4.69) is 10.2 Å². The molecule has 1 aromatic carbocycles. The molecule has 0 radical (unpaired) electrons. The molecule has 2 rings (SSSR count). The first-order valence-electron chi connectivity index (χ1n) is 9.03. The number of nitrogens with one attached hydrogen (secondary N) is 1. The van der Waals surface area contributed by atoms with Crippen LogP contribution in [-0.2, 0) is 14.4 Å². The number of piperazine rings is 1. The molecule has 2 amide bonds. The van der Waals surface area contributed by atoms with Crippen LogP contribution in [-0.4, -0.2) is 62.3 Å². The molecule has 26 heavy (non-hydrogen) atoms. The minimum atomic E-state index is -0.663. The minimum absolute atomic E-state index is 0.126. The molecule has 1 aliphatic heterocycles. The fraction of sp³-hybridized carbons (Fsp3) is 0.526. The first-order valence-corrected chi connectivity index (χ1v) is 9.03. The molecular formula is C19H27N3O4. The van der Waals surface area contributed by atoms with E-state index in [0.29, 0.717) is 19.5 Å². The van der Waals surface area contributed by atoms with Gasteiger partial charge in [0.25, 0.3) is 5.91 Å². The van der Waals surface area contributed by atoms with Gasteiger partial charge in [-0.2, -0.15) is 0 Å². The first kappa shape index (κ1) is 19.8. The van der Waals surface area contributed by atoms with Crippen molar-refractivity contribution in [3.8, 4) is 5.75 Å². The Kier molecular flexibility index (Phi) is 7.44. The van der Waals surface area contributed by atoms with E-state index >= 15 is 0 Å². The Morgan fingerprint density at radius 3 is 2.31 bits per heavy atom. The number of ether oxygens (including phenoxy) is 1. The third kappa shape index (κ3) is 5.47. The van der Waals surface area contributed by atoms with Crippen molar-refractivity contribution in [3.63, 3.8) is 0 Å². The van der Waals surface area contributed by atoms with Crippen molar-refractivity contribution in [2.75, 3.05) is 44.7 Å². The molecule has 7 nitrogen and oxygen atoms in total. The molecule has 0 aliphatic carbocycles. The van der Waals surface area contributed by atoms with Crippen LogP contribution < -0.4 is 15.0 Å². The highest BCUT2D eigenvalue weighted by molar-refractivity contribution is 6.36. The SMILES string of the molecule is CCCCC(=O)C(=O)NCC(=O)N1CCN(c2ccc(OC)cc2)CC1. The number of methoxy groups -OCH3 is 1. The second-order valence-electron chi connectivity index (χ2n) is 6.28. The van der Waals surface area contributed by atoms with Gasteiger partial charge < -0.3 is 19.9 Å². The minimum Gasteiger partial charge on any atom is -0.497 e. The molecule has 0 unspecified atom stereocenters. The van der Waals surface area contributed by atoms with Crippen LogP contribution in [0.4, 0.5) is 5.69 Å². The van der Waals surface area contributed by atoms with Gasteiger partial charge in [-0.15, -0.1) is 0 Å². The van der Waals surface area contributed by atoms with Crippen LogP contribution >= 0.6 is 0 Å². The summed E-state index contributed by atoms with van der Waals surface area (Å²) in [6, 6.07) is 7.83. The Morgan fingerprint density at radius 2 is 1.73 bits per heavy atom. The van der Waals surface area contributed by atoms with E-state index in [1.165, 1.54) is 0 Å². The predicted octanol–water partition coefficient (Wildman–Crippen LogP) is 1.22. The van der Waals surface area contributed by atoms with Gasteiger partial charge in [-0.1, -0.05) is 13.3 Å². The molecule has 1 fully saturated rings. The average molecular weight is 361 g/mol. The number of nitrogens with zero attached hydrogens (tertiary/aromatic N) is 2. The molecule has 1 aromatic rings. The molecule has 1 heterocycles. The molecule has 0 spiro atoms. The van der Waals surface area contributed by atoms with E-state index in [1.807, 2.05) is 31.2 Å². The second-order valence-corrected chi connectivity index (χ2v) is 6.28. The smallest absolute Gasteiger partial charge is 0.287 e. The van der Waals surface area contributed by atoms with Crippen molar-refractivity contribution >= 4 is 23.3 Å². The third-order valence-corrected chi connectivity index (χ3v) is 4.48. The van der Waals surface area contributed by atoms with E-state index in [-0.39, 0.29) is 18.9 Å². The summed E-state index contributed by atoms with van der Waals surface area (Å²) in [5.74, 6) is -0.463. The number of anilines is 1. The summed E-state index contributed by atoms with van der Waals surface area (Å²) in [4.78, 5) is 39.4. The quantitative estimate of drug-likeness (QED) is 0.705. The third-order valence-electron chi connectivity index (χ3n) is 4.48. The van der Waals surface area contributed by atoms with Crippen LogP contribution in [0, 0.1) is 0 Å². The summed E-state index contributed by atoms with van der Waals surface area (Å²) in [5, 5.41) is 2.44. The number of carbonyl (C=O) groups excluding carboxylic acids is 3. The van der Waals surface area contributed by atoms with Gasteiger partial charge in [0.15, 0.2) is 0 Å². The van der Waals surface area contributed by atoms with Gasteiger partial charge in [-0.05, 0) is 30.7 Å². The molecule has 1 N–H and O–H groups in total. The van der Waals surface area contributed by atoms with Crippen LogP contribution in [0.3, 0.4) is 0 Å². The number of rotatable bonds is 8. The highest BCUT2D eigenvalue weighted by Gasteiger charge is 2.22. The molecule has 0 bridgehead atoms. The molecule has 142 valence electrons. The van der Waals surface area contributed by atoms with E-state index in [1.54, 1.807) is 12.0 Å². The largest absolute Gasteiger partial charge is 0.497 e. The topological polar surface area (TPSA) is 79.0 Å². The molecular weight excluding hydrogens is 334 g/mol. The summed E-state index contributed by atoms with van der Waals surface area (Å²) in [6.07, 6.45) is 1.78. The summed E-state index contributed by atoms with van der Waals surface area (Å²) >= 11 is 0. The molecule has 0 atom stereocenters. The van der Waals surface area contributed by atoms with Gasteiger partial charge in [-0.3, -0.25) is 14.4 Å². The van der Waals surface area contributed by atoms with Crippen LogP contribution in [0.5, 0.6) is 5.75 Å². The highest BCUT2D eigenvalue weighted by atomic mass is 16.5. The van der Waals surface area contributed by atoms with Gasteiger partial charge in [0, 0.05) is 38.3 Å². The standard InChI is InChI=1S/C19H27N3O4/c1-3-4-5-17(23)19(25)20-14-18(24)22-12-10-21(11-13-22)15-6-8-16(26-2)9-7-15/h6-9H,3-5,10-14H2,1-2H3,(H,20,25). The first-order chi connectivity index (χ1) is 12.5. The summed E-state index contributed by atoms with van der Waals surface area (Å²) in [6.45, 7) is 4.46. The van der Waals surface area contributed by atoms with Gasteiger partial charge in [0.1, 0.15) is 5.75 Å². The fourth-order valence-corrected chi connectivity index (χ4v) is 2.82. The number of carbonyl (C=O) groups is 3. The van der Waals surface area contributed by atoms with Crippen molar-refractivity contribution in [1.29, 1.82) is 0 Å². The van der Waals surface area contributed by atoms with E-state index in [9.17, 15) is 14.4 Å². The molecule has 1 aliphatic rings. The summed E-state index contributed by atoms with van der Waals surface area (Å²) < 4.78 is 5.16. The zero-order chi connectivity index (χ0) is 18.9. The number of benzene rings is 1. The Hall–Kier alpha value is -2.57. The number of amides is 2. The fourth-order valence-electron chi connectivity index (χ4n) is 2.82. The number of hydrogen-bond donors (Lipinski definition) is 1. The second kappa shape index (κ2) is 9.79. The van der Waals surface area contributed by atoms with Crippen molar-refractivity contribution < 1.29 is 19.1 Å². The van der Waals surface area contributed by atoms with E-state index < -0.39 is 11.7 Å². The monoisotopic (exact) mass is 361 g/mol. The van der Waals surface area contributed by atoms with Crippen LogP contribution in [0.1, 0.15) is 26.2 Å². The maximum absolute atomic E-state index is 12.2. The predicted molar refractivity (Wildman–Crippen MR) is 99.3 cm³/mol. The highest BCUT2D eigenvalue weighted by Crippen LogP contribution is 2.20. The molecule has 0 saturated carbocycles. The summed E-state index contributed by atoms with van der Waals surface area (Å²) in [5.41, 5.74) is 1.09. The lowest BCUT2D eigenvalue weighted by atomic mass is 10.2. The normalized spacial score (nSPS) is 14.1. The van der Waals surface area contributed by atoms with E-state index in [4.69, 9.17) is 4.74 Å². The zero-order valence-corrected chi connectivity index (χ0v) is 15.5. The van der Waals surface area contributed by atoms with Gasteiger partial charge >= 0.3 is 0 Å². The molecule has 1 saturated heterocycles. The van der Waals surface area contributed by atoms with Crippen molar-refractivity contribution in [1.82, 2.24) is 10.2 Å². The zero-order valence-electron chi connectivity index (χ0n) is 15.5. The van der Waals surface area contributed by atoms with Gasteiger partial charge in [0.2, 0.25) is 11.7 Å². The number of Topliss-reactive ketones (excluding diaryl/α,β-unsaturated/α-hetero) is 1. The van der Waals surface area contributed by atoms with Crippen LogP contribution in [0.2, 0.25) is 0 Å². The van der Waals surface area contributed by atoms with Crippen molar-refractivity contribution in [2.24, 2.45) is 0 Å². The van der Waals surface area contributed by atoms with E-state index in [0.717, 1.165) is 30.9 Å². The van der Waals surface area contributed by atoms with Gasteiger partial charge in [-0.25, -0.2) is 0 Å². The number of unbranched alkanes of at least 4 members (excludes halogenated alkanes) is 1. The van der Waals surface area contributed by atoms with Crippen molar-refractivity contribution in [3.05, 3.63) is 24.3 Å². The Bertz CT molecular complexity index is 622. The van der Waals surface area contributed by atoms with Crippen molar-refractivity contribution in [2.45, 2.75) is 26.2 Å². The Morgan fingerprint density at radius 1 is 1.08 bits per heavy atom. The lowest BCUT2D eigenvalue weighted by molar-refractivity contribution is -0.139. The maximum Gasteiger partial charge on any atom is 0.287 e. The summed E-state index contributed by atoms with van der Waals surface area (Å²) in [7, 11) is 1.63.